The number of aromatic nitrogens is 3. The van der Waals surface area contributed by atoms with E-state index >= 15 is 0 Å². The number of benzene rings is 2. The summed E-state index contributed by atoms with van der Waals surface area (Å²) >= 11 is 5.64. The lowest BCUT2D eigenvalue weighted by Gasteiger charge is -2.22. The zero-order valence-electron chi connectivity index (χ0n) is 16.2. The van der Waals surface area contributed by atoms with Crippen molar-refractivity contribution in [2.24, 2.45) is 0 Å². The number of hydrogen-bond acceptors (Lipinski definition) is 5. The number of nitrogens with zero attached hydrogens (tertiary/aromatic N) is 4. The molecule has 2 heterocycles. The van der Waals surface area contributed by atoms with Crippen LogP contribution >= 0.6 is 12.2 Å². The molecule has 0 N–H and O–H groups in total. The van der Waals surface area contributed by atoms with E-state index in [0.29, 0.717) is 34.9 Å². The zero-order chi connectivity index (χ0) is 21.5. The van der Waals surface area contributed by atoms with Crippen molar-refractivity contribution < 1.29 is 17.2 Å². The van der Waals surface area contributed by atoms with Gasteiger partial charge in [0.2, 0.25) is 4.77 Å². The highest BCUT2D eigenvalue weighted by Gasteiger charge is 2.31. The summed E-state index contributed by atoms with van der Waals surface area (Å²) in [4.78, 5) is 1.91. The second-order valence-electron chi connectivity index (χ2n) is 7.38. The minimum absolute atomic E-state index is 0.109. The fourth-order valence-electron chi connectivity index (χ4n) is 3.56. The van der Waals surface area contributed by atoms with Crippen molar-refractivity contribution in [1.82, 2.24) is 19.2 Å². The summed E-state index contributed by atoms with van der Waals surface area (Å²) in [6.07, 6.45) is 0.565. The van der Waals surface area contributed by atoms with Crippen molar-refractivity contribution in [3.63, 3.8) is 0 Å². The third-order valence-corrected chi connectivity index (χ3v) is 7.36. The van der Waals surface area contributed by atoms with Crippen molar-refractivity contribution >= 4 is 22.1 Å². The molecule has 1 aliphatic heterocycles. The number of rotatable bonds is 5. The Bertz CT molecular complexity index is 1220. The molecule has 0 amide bonds. The SMILES string of the molecule is CN(Cn1nc(-c2ccc(F)cc2)n(-c2ccc(F)cc2)c1=S)[C@@H]1CCS(=O)(=O)C1. The Hall–Kier alpha value is -2.43. The Morgan fingerprint density at radius 3 is 2.27 bits per heavy atom. The monoisotopic (exact) mass is 450 g/mol. The summed E-state index contributed by atoms with van der Waals surface area (Å²) in [5, 5.41) is 4.62. The zero-order valence-corrected chi connectivity index (χ0v) is 17.8. The predicted octanol–water partition coefficient (Wildman–Crippen LogP) is 3.42. The first-order valence-electron chi connectivity index (χ1n) is 9.36. The summed E-state index contributed by atoms with van der Waals surface area (Å²) in [5.41, 5.74) is 1.27. The standard InChI is InChI=1S/C20H20F2N4O2S2/c1-24(18-10-11-30(27,28)12-18)13-25-20(29)26(17-8-6-16(22)7-9-17)19(23-25)14-2-4-15(21)5-3-14/h2-9,18H,10-13H2,1H3/t18-/m1/s1. The lowest BCUT2D eigenvalue weighted by atomic mass is 10.2. The fourth-order valence-corrected chi connectivity index (χ4v) is 5.65. The Morgan fingerprint density at radius 1 is 1.10 bits per heavy atom. The van der Waals surface area contributed by atoms with E-state index in [1.807, 2.05) is 11.9 Å². The molecule has 1 saturated heterocycles. The van der Waals surface area contributed by atoms with Gasteiger partial charge in [-0.05, 0) is 74.2 Å². The van der Waals surface area contributed by atoms with Crippen LogP contribution in [-0.4, -0.2) is 52.3 Å². The van der Waals surface area contributed by atoms with E-state index < -0.39 is 9.84 Å². The Morgan fingerprint density at radius 2 is 1.70 bits per heavy atom. The maximum Gasteiger partial charge on any atom is 0.204 e. The molecule has 0 unspecified atom stereocenters. The van der Waals surface area contributed by atoms with Gasteiger partial charge in [0.25, 0.3) is 0 Å². The normalized spacial score (nSPS) is 18.2. The summed E-state index contributed by atoms with van der Waals surface area (Å²) < 4.78 is 54.1. The lowest BCUT2D eigenvalue weighted by molar-refractivity contribution is 0.196. The van der Waals surface area contributed by atoms with E-state index in [4.69, 9.17) is 12.2 Å². The van der Waals surface area contributed by atoms with Crippen molar-refractivity contribution in [3.05, 3.63) is 64.9 Å². The van der Waals surface area contributed by atoms with Crippen LogP contribution < -0.4 is 0 Å². The number of sulfone groups is 1. The van der Waals surface area contributed by atoms with Gasteiger partial charge in [-0.15, -0.1) is 5.10 Å². The van der Waals surface area contributed by atoms with Crippen LogP contribution in [0.5, 0.6) is 0 Å². The first-order chi connectivity index (χ1) is 14.2. The van der Waals surface area contributed by atoms with E-state index in [2.05, 4.69) is 5.10 Å². The highest BCUT2D eigenvalue weighted by molar-refractivity contribution is 7.91. The molecule has 6 nitrogen and oxygen atoms in total. The molecule has 3 aromatic rings. The second-order valence-corrected chi connectivity index (χ2v) is 9.97. The molecule has 2 aromatic carbocycles. The van der Waals surface area contributed by atoms with Gasteiger partial charge >= 0.3 is 0 Å². The molecule has 1 atom stereocenters. The Labute approximate surface area is 178 Å². The van der Waals surface area contributed by atoms with Crippen LogP contribution in [0.3, 0.4) is 0 Å². The Kier molecular flexibility index (Phi) is 5.56. The summed E-state index contributed by atoms with van der Waals surface area (Å²) in [5.74, 6) is 0.0352. The molecule has 0 radical (unpaired) electrons. The minimum Gasteiger partial charge on any atom is -0.283 e. The van der Waals surface area contributed by atoms with E-state index in [0.717, 1.165) is 0 Å². The molecule has 0 bridgehead atoms. The van der Waals surface area contributed by atoms with Crippen molar-refractivity contribution in [3.8, 4) is 17.1 Å². The molecule has 4 rings (SSSR count). The topological polar surface area (TPSA) is 60.1 Å². The molecule has 30 heavy (non-hydrogen) atoms. The molecule has 0 saturated carbocycles. The lowest BCUT2D eigenvalue weighted by Crippen LogP contribution is -2.34. The van der Waals surface area contributed by atoms with Gasteiger partial charge in [-0.25, -0.2) is 21.9 Å². The number of hydrogen-bond donors (Lipinski definition) is 0. The molecular weight excluding hydrogens is 430 g/mol. The van der Waals surface area contributed by atoms with E-state index in [-0.39, 0.29) is 29.2 Å². The molecule has 1 aromatic heterocycles. The minimum atomic E-state index is -3.01. The maximum atomic E-state index is 13.4. The Balaban J connectivity index is 1.75. The van der Waals surface area contributed by atoms with Gasteiger partial charge in [0.1, 0.15) is 11.6 Å². The van der Waals surface area contributed by atoms with E-state index in [1.54, 1.807) is 33.5 Å². The van der Waals surface area contributed by atoms with Gasteiger partial charge in [0.15, 0.2) is 15.7 Å². The highest BCUT2D eigenvalue weighted by atomic mass is 32.2. The van der Waals surface area contributed by atoms with Gasteiger partial charge < -0.3 is 0 Å². The molecule has 1 aliphatic rings. The predicted molar refractivity (Wildman–Crippen MR) is 113 cm³/mol. The van der Waals surface area contributed by atoms with Gasteiger partial charge in [-0.3, -0.25) is 9.47 Å². The van der Waals surface area contributed by atoms with Gasteiger partial charge in [-0.2, -0.15) is 0 Å². The summed E-state index contributed by atoms with van der Waals surface area (Å²) in [7, 11) is -1.18. The van der Waals surface area contributed by atoms with Crippen LogP contribution in [0.25, 0.3) is 17.1 Å². The third kappa shape index (κ3) is 4.21. The molecule has 1 fully saturated rings. The van der Waals surface area contributed by atoms with Crippen LogP contribution in [0.2, 0.25) is 0 Å². The van der Waals surface area contributed by atoms with Crippen LogP contribution in [0, 0.1) is 16.4 Å². The first kappa shape index (κ1) is 20.8. The first-order valence-corrected chi connectivity index (χ1v) is 11.6. The average molecular weight is 451 g/mol. The van der Waals surface area contributed by atoms with E-state index in [9.17, 15) is 17.2 Å². The molecule has 0 spiro atoms. The van der Waals surface area contributed by atoms with Gasteiger partial charge in [-0.1, -0.05) is 0 Å². The fraction of sp³-hybridized carbons (Fsp3) is 0.300. The van der Waals surface area contributed by atoms with Crippen molar-refractivity contribution in [1.29, 1.82) is 0 Å². The highest BCUT2D eigenvalue weighted by Crippen LogP contribution is 2.24. The van der Waals surface area contributed by atoms with Crippen molar-refractivity contribution in [2.75, 3.05) is 18.6 Å². The molecule has 158 valence electrons. The second kappa shape index (κ2) is 8.01. The third-order valence-electron chi connectivity index (χ3n) is 5.22. The molecule has 0 aliphatic carbocycles. The van der Waals surface area contributed by atoms with Crippen LogP contribution in [0.4, 0.5) is 8.78 Å². The summed E-state index contributed by atoms with van der Waals surface area (Å²) in [6, 6.07) is 11.6. The smallest absolute Gasteiger partial charge is 0.204 e. The van der Waals surface area contributed by atoms with Gasteiger partial charge in [0, 0.05) is 11.6 Å². The maximum absolute atomic E-state index is 13.4. The van der Waals surface area contributed by atoms with E-state index in [1.165, 1.54) is 24.3 Å². The van der Waals surface area contributed by atoms with Crippen LogP contribution in [-0.2, 0) is 16.5 Å². The average Bonchev–Trinajstić information content (AvgIpc) is 3.23. The number of halogens is 2. The van der Waals surface area contributed by atoms with Crippen LogP contribution in [0.1, 0.15) is 6.42 Å². The van der Waals surface area contributed by atoms with Crippen molar-refractivity contribution in [2.45, 2.75) is 19.1 Å². The van der Waals surface area contributed by atoms with Crippen LogP contribution in [0.15, 0.2) is 48.5 Å². The van der Waals surface area contributed by atoms with Gasteiger partial charge in [0.05, 0.1) is 23.9 Å². The largest absolute Gasteiger partial charge is 0.283 e. The quantitative estimate of drug-likeness (QED) is 0.558. The summed E-state index contributed by atoms with van der Waals surface area (Å²) in [6.45, 7) is 0.293. The molecule has 10 heteroatoms. The molecular formula is C20H20F2N4O2S2.